The smallest absolute Gasteiger partial charge is 0.230 e. The van der Waals surface area contributed by atoms with E-state index < -0.39 is 0 Å². The van der Waals surface area contributed by atoms with E-state index in [0.29, 0.717) is 22.0 Å². The molecule has 0 saturated carbocycles. The molecular weight excluding hydrogens is 312 g/mol. The van der Waals surface area contributed by atoms with E-state index in [0.717, 1.165) is 12.1 Å². The van der Waals surface area contributed by atoms with Crippen LogP contribution in [0.1, 0.15) is 41.2 Å². The number of para-hydroxylation sites is 1. The molecule has 2 N–H and O–H groups in total. The van der Waals surface area contributed by atoms with Crippen LogP contribution in [0.25, 0.3) is 0 Å². The van der Waals surface area contributed by atoms with Crippen LogP contribution in [-0.4, -0.2) is 21.8 Å². The average molecular weight is 330 g/mol. The van der Waals surface area contributed by atoms with E-state index in [1.165, 1.54) is 11.3 Å². The molecule has 1 aromatic heterocycles. The fraction of sp³-hybridized carbons (Fsp3) is 0.353. The van der Waals surface area contributed by atoms with Crippen molar-refractivity contribution < 1.29 is 14.7 Å². The zero-order chi connectivity index (χ0) is 16.6. The van der Waals surface area contributed by atoms with Crippen LogP contribution < -0.4 is 5.32 Å². The number of carbonyl (C=O) groups excluding carboxylic acids is 2. The quantitative estimate of drug-likeness (QED) is 0.906. The molecule has 0 bridgehead atoms. The Morgan fingerprint density at radius 2 is 2.09 bits per heavy atom. The number of phenolic OH excluding ortho intramolecular Hbond substituents is 1. The first-order chi connectivity index (χ1) is 10.8. The lowest BCUT2D eigenvalue weighted by atomic mass is 9.78. The molecule has 0 spiro atoms. The number of carbonyl (C=O) groups is 2. The van der Waals surface area contributed by atoms with E-state index >= 15 is 0 Å². The molecule has 0 unspecified atom stereocenters. The molecule has 1 aliphatic rings. The number of aromatic hydroxyl groups is 1. The summed E-state index contributed by atoms with van der Waals surface area (Å²) in [6.07, 6.45) is 1.31. The number of hydrogen-bond acceptors (Lipinski definition) is 5. The van der Waals surface area contributed by atoms with Gasteiger partial charge in [0.1, 0.15) is 5.75 Å². The number of nitrogens with zero attached hydrogens (tertiary/aromatic N) is 1. The number of ketones is 1. The summed E-state index contributed by atoms with van der Waals surface area (Å²) < 4.78 is 0. The molecule has 120 valence electrons. The van der Waals surface area contributed by atoms with Crippen LogP contribution in [0.4, 0.5) is 5.13 Å². The second-order valence-electron chi connectivity index (χ2n) is 6.59. The Bertz CT molecular complexity index is 780. The van der Waals surface area contributed by atoms with E-state index in [4.69, 9.17) is 0 Å². The average Bonchev–Trinajstić information content (AvgIpc) is 2.82. The normalized spacial score (nSPS) is 16.0. The molecule has 2 aromatic rings. The molecule has 0 saturated heterocycles. The number of amides is 1. The third kappa shape index (κ3) is 3.42. The number of phenols is 1. The number of hydrogen-bond donors (Lipinski definition) is 2. The second-order valence-corrected chi connectivity index (χ2v) is 7.59. The van der Waals surface area contributed by atoms with Crippen molar-refractivity contribution >= 4 is 28.2 Å². The molecule has 0 fully saturated rings. The summed E-state index contributed by atoms with van der Waals surface area (Å²) in [5, 5.41) is 12.9. The minimum Gasteiger partial charge on any atom is -0.508 e. The number of benzene rings is 1. The number of fused-ring (bicyclic) bond motifs is 1. The molecule has 23 heavy (non-hydrogen) atoms. The zero-order valence-corrected chi connectivity index (χ0v) is 13.9. The van der Waals surface area contributed by atoms with Crippen LogP contribution in [0, 0.1) is 5.41 Å². The Balaban J connectivity index is 1.73. The standard InChI is InChI=1S/C17H18N2O3S/c1-17(2)8-11-15(13(21)9-17)23-16(18-11)19-14(22)7-10-5-3-4-6-12(10)20/h3-6,20H,7-9H2,1-2H3,(H,18,19,22). The van der Waals surface area contributed by atoms with Crippen molar-refractivity contribution in [1.29, 1.82) is 0 Å². The predicted octanol–water partition coefficient (Wildman–Crippen LogP) is 3.19. The van der Waals surface area contributed by atoms with Gasteiger partial charge in [-0.3, -0.25) is 9.59 Å². The maximum absolute atomic E-state index is 12.2. The van der Waals surface area contributed by atoms with Crippen molar-refractivity contribution in [3.63, 3.8) is 0 Å². The molecule has 1 amide bonds. The van der Waals surface area contributed by atoms with Crippen LogP contribution in [-0.2, 0) is 17.6 Å². The second kappa shape index (κ2) is 5.77. The molecule has 1 aromatic carbocycles. The van der Waals surface area contributed by atoms with Gasteiger partial charge in [-0.2, -0.15) is 0 Å². The highest BCUT2D eigenvalue weighted by atomic mass is 32.1. The van der Waals surface area contributed by atoms with Crippen LogP contribution in [0.3, 0.4) is 0 Å². The minimum absolute atomic E-state index is 0.0658. The maximum atomic E-state index is 12.2. The summed E-state index contributed by atoms with van der Waals surface area (Å²) in [4.78, 5) is 29.3. The fourth-order valence-corrected chi connectivity index (χ4v) is 3.71. The van der Waals surface area contributed by atoms with Crippen LogP contribution in [0.15, 0.2) is 24.3 Å². The summed E-state index contributed by atoms with van der Waals surface area (Å²) in [6.45, 7) is 4.09. The Hall–Kier alpha value is -2.21. The summed E-state index contributed by atoms with van der Waals surface area (Å²) >= 11 is 1.23. The molecular formula is C17H18N2O3S. The van der Waals surface area contributed by atoms with Crippen molar-refractivity contribution in [2.24, 2.45) is 5.41 Å². The molecule has 6 heteroatoms. The Kier molecular flexibility index (Phi) is 3.93. The van der Waals surface area contributed by atoms with E-state index in [1.807, 2.05) is 13.8 Å². The van der Waals surface area contributed by atoms with Crippen molar-refractivity contribution in [3.05, 3.63) is 40.4 Å². The predicted molar refractivity (Wildman–Crippen MR) is 89.0 cm³/mol. The third-order valence-corrected chi connectivity index (χ3v) is 4.88. The number of anilines is 1. The molecule has 3 rings (SSSR count). The first kappa shape index (κ1) is 15.7. The number of aromatic nitrogens is 1. The molecule has 5 nitrogen and oxygen atoms in total. The van der Waals surface area contributed by atoms with Gasteiger partial charge >= 0.3 is 0 Å². The van der Waals surface area contributed by atoms with Gasteiger partial charge < -0.3 is 10.4 Å². The van der Waals surface area contributed by atoms with Gasteiger partial charge in [-0.15, -0.1) is 0 Å². The SMILES string of the molecule is CC1(C)CC(=O)c2sc(NC(=O)Cc3ccccc3O)nc2C1. The van der Waals surface area contributed by atoms with Gasteiger partial charge in [-0.25, -0.2) is 4.98 Å². The van der Waals surface area contributed by atoms with Gasteiger partial charge in [-0.05, 0) is 17.9 Å². The molecule has 0 atom stereocenters. The van der Waals surface area contributed by atoms with E-state index in [2.05, 4.69) is 10.3 Å². The summed E-state index contributed by atoms with van der Waals surface area (Å²) in [7, 11) is 0. The van der Waals surface area contributed by atoms with Gasteiger partial charge in [0.15, 0.2) is 10.9 Å². The van der Waals surface area contributed by atoms with Crippen LogP contribution in [0.2, 0.25) is 0 Å². The van der Waals surface area contributed by atoms with Crippen molar-refractivity contribution in [1.82, 2.24) is 4.98 Å². The van der Waals surface area contributed by atoms with Gasteiger partial charge in [0.2, 0.25) is 5.91 Å². The molecule has 1 aliphatic carbocycles. The van der Waals surface area contributed by atoms with Gasteiger partial charge in [0, 0.05) is 12.0 Å². The Morgan fingerprint density at radius 1 is 1.35 bits per heavy atom. The van der Waals surface area contributed by atoms with Crippen LogP contribution >= 0.6 is 11.3 Å². The van der Waals surface area contributed by atoms with E-state index in [9.17, 15) is 14.7 Å². The summed E-state index contributed by atoms with van der Waals surface area (Å²) in [5.74, 6) is -0.0720. The van der Waals surface area contributed by atoms with Crippen LogP contribution in [0.5, 0.6) is 5.75 Å². The van der Waals surface area contributed by atoms with E-state index in [1.54, 1.807) is 24.3 Å². The highest BCUT2D eigenvalue weighted by molar-refractivity contribution is 7.17. The lowest BCUT2D eigenvalue weighted by Gasteiger charge is -2.26. The Labute approximate surface area is 138 Å². The van der Waals surface area contributed by atoms with Gasteiger partial charge in [0.05, 0.1) is 17.0 Å². The fourth-order valence-electron chi connectivity index (χ4n) is 2.77. The Morgan fingerprint density at radius 3 is 2.83 bits per heavy atom. The number of nitrogens with one attached hydrogen (secondary N) is 1. The highest BCUT2D eigenvalue weighted by Crippen LogP contribution is 2.38. The molecule has 1 heterocycles. The molecule has 0 radical (unpaired) electrons. The third-order valence-electron chi connectivity index (χ3n) is 3.82. The summed E-state index contributed by atoms with van der Waals surface area (Å²) in [5.41, 5.74) is 1.24. The van der Waals surface area contributed by atoms with Crippen molar-refractivity contribution in [3.8, 4) is 5.75 Å². The topological polar surface area (TPSA) is 79.3 Å². The lowest BCUT2D eigenvalue weighted by Crippen LogP contribution is -2.26. The van der Waals surface area contributed by atoms with Crippen molar-refractivity contribution in [2.75, 3.05) is 5.32 Å². The first-order valence-corrected chi connectivity index (χ1v) is 8.25. The number of thiazole rings is 1. The first-order valence-electron chi connectivity index (χ1n) is 7.44. The summed E-state index contributed by atoms with van der Waals surface area (Å²) in [6, 6.07) is 6.73. The van der Waals surface area contributed by atoms with Gasteiger partial charge in [-0.1, -0.05) is 43.4 Å². The van der Waals surface area contributed by atoms with E-state index in [-0.39, 0.29) is 29.3 Å². The lowest BCUT2D eigenvalue weighted by molar-refractivity contribution is -0.115. The largest absolute Gasteiger partial charge is 0.508 e. The highest BCUT2D eigenvalue weighted by Gasteiger charge is 2.34. The van der Waals surface area contributed by atoms with Gasteiger partial charge in [0.25, 0.3) is 0 Å². The zero-order valence-electron chi connectivity index (χ0n) is 13.0. The monoisotopic (exact) mass is 330 g/mol. The molecule has 0 aliphatic heterocycles. The maximum Gasteiger partial charge on any atom is 0.230 e. The minimum atomic E-state index is -0.260. The number of rotatable bonds is 3. The number of Topliss-reactive ketones (excluding diaryl/α,β-unsaturated/α-hetero) is 1. The van der Waals surface area contributed by atoms with Crippen molar-refractivity contribution in [2.45, 2.75) is 33.1 Å².